The number of hydrogen-bond acceptors (Lipinski definition) is 3. The Morgan fingerprint density at radius 3 is 2.64 bits per heavy atom. The van der Waals surface area contributed by atoms with Crippen LogP contribution in [0.25, 0.3) is 0 Å². The van der Waals surface area contributed by atoms with Gasteiger partial charge in [-0.05, 0) is 48.1 Å². The lowest BCUT2D eigenvalue weighted by Crippen LogP contribution is -2.37. The number of alkyl halides is 2. The van der Waals surface area contributed by atoms with Crippen molar-refractivity contribution in [2.45, 2.75) is 38.0 Å². The maximum absolute atomic E-state index is 12.4. The molecule has 1 amide bonds. The average molecular weight is 346 g/mol. The molecule has 6 heteroatoms. The number of carbonyl (C=O) groups is 1. The van der Waals surface area contributed by atoms with Crippen LogP contribution in [0.5, 0.6) is 5.75 Å². The van der Waals surface area contributed by atoms with Crippen molar-refractivity contribution in [3.05, 3.63) is 65.2 Å². The molecular formula is C19H20F2N2O2. The average Bonchev–Trinajstić information content (AvgIpc) is 2.59. The molecule has 0 saturated heterocycles. The number of aryl methyl sites for hydroxylation is 1. The molecule has 1 aliphatic carbocycles. The number of nitrogens with one attached hydrogen (secondary N) is 1. The summed E-state index contributed by atoms with van der Waals surface area (Å²) in [4.78, 5) is 11.9. The third kappa shape index (κ3) is 4.14. The number of fused-ring (bicyclic) bond motifs is 1. The minimum Gasteiger partial charge on any atom is -0.435 e. The third-order valence-corrected chi connectivity index (χ3v) is 4.44. The van der Waals surface area contributed by atoms with Crippen LogP contribution in [-0.4, -0.2) is 12.5 Å². The topological polar surface area (TPSA) is 64.4 Å². The normalized spacial score (nSPS) is 17.8. The van der Waals surface area contributed by atoms with Crippen molar-refractivity contribution in [2.24, 2.45) is 5.73 Å². The van der Waals surface area contributed by atoms with Crippen molar-refractivity contribution < 1.29 is 18.3 Å². The lowest BCUT2D eigenvalue weighted by Gasteiger charge is -2.30. The summed E-state index contributed by atoms with van der Waals surface area (Å²) in [6, 6.07) is 13.6. The van der Waals surface area contributed by atoms with Gasteiger partial charge in [0.25, 0.3) is 0 Å². The van der Waals surface area contributed by atoms with E-state index < -0.39 is 18.6 Å². The number of halogens is 2. The van der Waals surface area contributed by atoms with Crippen LogP contribution in [0.3, 0.4) is 0 Å². The number of nitrogens with two attached hydrogens (primary N) is 1. The zero-order valence-corrected chi connectivity index (χ0v) is 13.6. The fourth-order valence-electron chi connectivity index (χ4n) is 3.33. The number of hydrogen-bond donors (Lipinski definition) is 2. The molecule has 0 radical (unpaired) electrons. The van der Waals surface area contributed by atoms with E-state index in [-0.39, 0.29) is 11.8 Å². The lowest BCUT2D eigenvalue weighted by atomic mass is 9.86. The van der Waals surface area contributed by atoms with Gasteiger partial charge in [0.05, 0.1) is 0 Å². The Morgan fingerprint density at radius 2 is 1.96 bits per heavy atom. The fraction of sp³-hybridized carbons (Fsp3) is 0.316. The summed E-state index contributed by atoms with van der Waals surface area (Å²) >= 11 is 0. The number of amides is 1. The molecule has 0 bridgehead atoms. The molecule has 2 aromatic rings. The Hall–Kier alpha value is -2.47. The van der Waals surface area contributed by atoms with Crippen LogP contribution < -0.4 is 15.8 Å². The van der Waals surface area contributed by atoms with E-state index in [1.54, 1.807) is 12.1 Å². The van der Waals surface area contributed by atoms with Crippen molar-refractivity contribution >= 4 is 5.91 Å². The highest BCUT2D eigenvalue weighted by Crippen LogP contribution is 2.34. The first-order valence-electron chi connectivity index (χ1n) is 8.22. The number of carbonyl (C=O) groups excluding carboxylic acids is 1. The summed E-state index contributed by atoms with van der Waals surface area (Å²) in [5.74, 6) is -0.292. The standard InChI is InChI=1S/C19H20F2N2O2/c20-19(21)25-14-9-10-15-13(11-14)7-4-8-16(15)23-17(18(22)24)12-5-2-1-3-6-12/h1-3,5-6,9-11,16-17,19,23H,4,7-8H2,(H2,22,24)/t16-,17-/m1/s1. The molecule has 132 valence electrons. The monoisotopic (exact) mass is 346 g/mol. The highest BCUT2D eigenvalue weighted by Gasteiger charge is 2.26. The Balaban J connectivity index is 1.83. The molecule has 2 aromatic carbocycles. The maximum Gasteiger partial charge on any atom is 0.387 e. The highest BCUT2D eigenvalue weighted by atomic mass is 19.3. The molecule has 0 fully saturated rings. The summed E-state index contributed by atoms with van der Waals surface area (Å²) in [6.45, 7) is -2.84. The Morgan fingerprint density at radius 1 is 1.20 bits per heavy atom. The second-order valence-electron chi connectivity index (χ2n) is 6.10. The van der Waals surface area contributed by atoms with Gasteiger partial charge in [0.1, 0.15) is 11.8 Å². The van der Waals surface area contributed by atoms with Crippen LogP contribution in [-0.2, 0) is 11.2 Å². The van der Waals surface area contributed by atoms with Crippen molar-refractivity contribution in [3.63, 3.8) is 0 Å². The van der Waals surface area contributed by atoms with E-state index in [2.05, 4.69) is 10.1 Å². The zero-order valence-electron chi connectivity index (χ0n) is 13.6. The van der Waals surface area contributed by atoms with Gasteiger partial charge in [0, 0.05) is 6.04 Å². The first-order valence-corrected chi connectivity index (χ1v) is 8.22. The predicted molar refractivity (Wildman–Crippen MR) is 90.3 cm³/mol. The van der Waals surface area contributed by atoms with E-state index in [0.717, 1.165) is 36.0 Å². The molecular weight excluding hydrogens is 326 g/mol. The van der Waals surface area contributed by atoms with Gasteiger partial charge in [0.15, 0.2) is 0 Å². The molecule has 0 unspecified atom stereocenters. The van der Waals surface area contributed by atoms with Gasteiger partial charge in [0.2, 0.25) is 5.91 Å². The van der Waals surface area contributed by atoms with Crippen LogP contribution >= 0.6 is 0 Å². The molecule has 0 heterocycles. The first kappa shape index (κ1) is 17.4. The molecule has 0 aliphatic heterocycles. The smallest absolute Gasteiger partial charge is 0.387 e. The Bertz CT molecular complexity index is 737. The molecule has 0 aromatic heterocycles. The van der Waals surface area contributed by atoms with Crippen LogP contribution in [0.4, 0.5) is 8.78 Å². The van der Waals surface area contributed by atoms with Gasteiger partial charge < -0.3 is 10.5 Å². The van der Waals surface area contributed by atoms with Crippen LogP contribution in [0.2, 0.25) is 0 Å². The van der Waals surface area contributed by atoms with Gasteiger partial charge in [-0.25, -0.2) is 0 Å². The SMILES string of the molecule is NC(=O)[C@H](N[C@@H]1CCCc2cc(OC(F)F)ccc21)c1ccccc1. The third-order valence-electron chi connectivity index (χ3n) is 4.44. The number of rotatable bonds is 6. The minimum atomic E-state index is -2.84. The van der Waals surface area contributed by atoms with Crippen molar-refractivity contribution in [1.82, 2.24) is 5.32 Å². The molecule has 4 nitrogen and oxygen atoms in total. The van der Waals surface area contributed by atoms with Gasteiger partial charge in [-0.1, -0.05) is 36.4 Å². The minimum absolute atomic E-state index is 0.0675. The van der Waals surface area contributed by atoms with Crippen LogP contribution in [0, 0.1) is 0 Å². The quantitative estimate of drug-likeness (QED) is 0.842. The van der Waals surface area contributed by atoms with E-state index in [9.17, 15) is 13.6 Å². The first-order chi connectivity index (χ1) is 12.0. The summed E-state index contributed by atoms with van der Waals surface area (Å²) in [6.07, 6.45) is 2.53. The van der Waals surface area contributed by atoms with Gasteiger partial charge in [-0.15, -0.1) is 0 Å². The van der Waals surface area contributed by atoms with Gasteiger partial charge >= 0.3 is 6.61 Å². The fourth-order valence-corrected chi connectivity index (χ4v) is 3.33. The van der Waals surface area contributed by atoms with Crippen LogP contribution in [0.15, 0.2) is 48.5 Å². The predicted octanol–water partition coefficient (Wildman–Crippen LogP) is 3.48. The lowest BCUT2D eigenvalue weighted by molar-refractivity contribution is -0.120. The largest absolute Gasteiger partial charge is 0.435 e. The molecule has 1 aliphatic rings. The number of primary amides is 1. The molecule has 3 N–H and O–H groups in total. The Kier molecular flexibility index (Phi) is 5.28. The number of ether oxygens (including phenoxy) is 1. The van der Waals surface area contributed by atoms with E-state index in [4.69, 9.17) is 5.73 Å². The van der Waals surface area contributed by atoms with Crippen LogP contribution in [0.1, 0.15) is 41.6 Å². The van der Waals surface area contributed by atoms with Crippen molar-refractivity contribution in [2.75, 3.05) is 0 Å². The Labute approximate surface area is 145 Å². The van der Waals surface area contributed by atoms with E-state index >= 15 is 0 Å². The second-order valence-corrected chi connectivity index (χ2v) is 6.10. The van der Waals surface area contributed by atoms with Crippen molar-refractivity contribution in [3.8, 4) is 5.75 Å². The molecule has 3 rings (SSSR count). The summed E-state index contributed by atoms with van der Waals surface area (Å²) in [7, 11) is 0. The summed E-state index contributed by atoms with van der Waals surface area (Å²) < 4.78 is 29.3. The molecule has 0 spiro atoms. The number of benzene rings is 2. The van der Waals surface area contributed by atoms with Crippen molar-refractivity contribution in [1.29, 1.82) is 0 Å². The van der Waals surface area contributed by atoms with Gasteiger partial charge in [-0.2, -0.15) is 8.78 Å². The molecule has 0 saturated carbocycles. The van der Waals surface area contributed by atoms with Gasteiger partial charge in [-0.3, -0.25) is 10.1 Å². The summed E-state index contributed by atoms with van der Waals surface area (Å²) in [5.41, 5.74) is 8.34. The maximum atomic E-state index is 12.4. The van der Waals surface area contributed by atoms with E-state index in [0.29, 0.717) is 0 Å². The second kappa shape index (κ2) is 7.61. The van der Waals surface area contributed by atoms with E-state index in [1.807, 2.05) is 30.3 Å². The van der Waals surface area contributed by atoms with E-state index in [1.165, 1.54) is 6.07 Å². The zero-order chi connectivity index (χ0) is 17.8. The molecule has 25 heavy (non-hydrogen) atoms. The highest BCUT2D eigenvalue weighted by molar-refractivity contribution is 5.81. The summed E-state index contributed by atoms with van der Waals surface area (Å²) in [5, 5.41) is 3.32. The molecule has 2 atom stereocenters.